The van der Waals surface area contributed by atoms with Crippen molar-refractivity contribution in [1.82, 2.24) is 0 Å². The topological polar surface area (TPSA) is 0 Å². The fourth-order valence-corrected chi connectivity index (χ4v) is 1.48. The Kier molecular flexibility index (Phi) is 5.62. The summed E-state index contributed by atoms with van der Waals surface area (Å²) in [4.78, 5) is 0. The van der Waals surface area contributed by atoms with E-state index in [0.717, 1.165) is 11.8 Å². The second kappa shape index (κ2) is 5.62. The van der Waals surface area contributed by atoms with Crippen LogP contribution in [0, 0.1) is 24.7 Å². The highest BCUT2D eigenvalue weighted by Crippen LogP contribution is 2.24. The molecule has 0 aliphatic heterocycles. The summed E-state index contributed by atoms with van der Waals surface area (Å²) in [5.41, 5.74) is 0. The third-order valence-corrected chi connectivity index (χ3v) is 2.73. The van der Waals surface area contributed by atoms with Crippen molar-refractivity contribution in [3.05, 3.63) is 6.92 Å². The maximum Gasteiger partial charge on any atom is -0.0389 e. The summed E-state index contributed by atoms with van der Waals surface area (Å²) in [5.74, 6) is 2.34. The summed E-state index contributed by atoms with van der Waals surface area (Å²) in [6.07, 6.45) is 3.95. The van der Waals surface area contributed by atoms with Crippen LogP contribution in [0.5, 0.6) is 0 Å². The largest absolute Gasteiger partial charge is 0.0651 e. The van der Waals surface area contributed by atoms with E-state index in [1.807, 2.05) is 0 Å². The summed E-state index contributed by atoms with van der Waals surface area (Å²) in [6, 6.07) is 0. The van der Waals surface area contributed by atoms with Crippen LogP contribution in [-0.2, 0) is 0 Å². The molecular weight excluding hydrogens is 132 g/mol. The number of rotatable bonds is 5. The molecule has 0 spiro atoms. The van der Waals surface area contributed by atoms with E-state index in [-0.39, 0.29) is 0 Å². The molecule has 0 aliphatic rings. The van der Waals surface area contributed by atoms with Gasteiger partial charge < -0.3 is 0 Å². The van der Waals surface area contributed by atoms with Crippen molar-refractivity contribution in [2.24, 2.45) is 17.8 Å². The third kappa shape index (κ3) is 4.44. The van der Waals surface area contributed by atoms with E-state index in [1.54, 1.807) is 0 Å². The van der Waals surface area contributed by atoms with E-state index in [0.29, 0.717) is 5.92 Å². The average molecular weight is 155 g/mol. The van der Waals surface area contributed by atoms with Crippen molar-refractivity contribution < 1.29 is 0 Å². The fourth-order valence-electron chi connectivity index (χ4n) is 1.48. The van der Waals surface area contributed by atoms with Crippen molar-refractivity contribution in [2.75, 3.05) is 0 Å². The van der Waals surface area contributed by atoms with Crippen LogP contribution in [0.1, 0.15) is 47.0 Å². The van der Waals surface area contributed by atoms with Gasteiger partial charge in [-0.3, -0.25) is 0 Å². The first-order chi connectivity index (χ1) is 5.11. The molecule has 1 radical (unpaired) electrons. The molecule has 0 saturated heterocycles. The minimum atomic E-state index is 0.619. The maximum atomic E-state index is 4.10. The van der Waals surface area contributed by atoms with E-state index in [1.165, 1.54) is 19.3 Å². The van der Waals surface area contributed by atoms with Gasteiger partial charge in [0, 0.05) is 0 Å². The molecule has 0 N–H and O–H groups in total. The maximum absolute atomic E-state index is 4.10. The second-order valence-electron chi connectivity index (χ2n) is 3.89. The SMILES string of the molecule is [CH2]C(C)C(CC)CC(C)CC. The summed E-state index contributed by atoms with van der Waals surface area (Å²) in [5, 5.41) is 0. The molecule has 0 amide bonds. The van der Waals surface area contributed by atoms with Gasteiger partial charge in [-0.05, 0) is 24.2 Å². The molecule has 0 nitrogen and oxygen atoms in total. The zero-order chi connectivity index (χ0) is 8.85. The van der Waals surface area contributed by atoms with Crippen molar-refractivity contribution in [2.45, 2.75) is 47.0 Å². The molecule has 0 aromatic heterocycles. The van der Waals surface area contributed by atoms with Gasteiger partial charge in [-0.25, -0.2) is 0 Å². The Labute approximate surface area is 72.4 Å². The predicted molar refractivity (Wildman–Crippen MR) is 52.4 cm³/mol. The Balaban J connectivity index is 3.68. The first-order valence-electron chi connectivity index (χ1n) is 4.94. The molecule has 0 aromatic rings. The molecule has 0 saturated carbocycles. The standard InChI is InChI=1S/C11H23/c1-6-10(5)8-11(7-2)9(3)4/h9-11H,3,6-8H2,1-2,4-5H3. The summed E-state index contributed by atoms with van der Waals surface area (Å²) in [6.45, 7) is 13.2. The van der Waals surface area contributed by atoms with E-state index in [4.69, 9.17) is 0 Å². The highest BCUT2D eigenvalue weighted by molar-refractivity contribution is 4.68. The van der Waals surface area contributed by atoms with Gasteiger partial charge in [0.15, 0.2) is 0 Å². The van der Waals surface area contributed by atoms with Crippen LogP contribution < -0.4 is 0 Å². The molecule has 3 unspecified atom stereocenters. The summed E-state index contributed by atoms with van der Waals surface area (Å²) < 4.78 is 0. The molecule has 0 heteroatoms. The molecule has 3 atom stereocenters. The average Bonchev–Trinajstić information content (AvgIpc) is 1.99. The van der Waals surface area contributed by atoms with Gasteiger partial charge in [-0.2, -0.15) is 0 Å². The molecule has 0 aliphatic carbocycles. The van der Waals surface area contributed by atoms with Crippen molar-refractivity contribution in [3.63, 3.8) is 0 Å². The Hall–Kier alpha value is 0. The van der Waals surface area contributed by atoms with E-state index >= 15 is 0 Å². The monoisotopic (exact) mass is 155 g/mol. The van der Waals surface area contributed by atoms with Gasteiger partial charge in [0.2, 0.25) is 0 Å². The normalized spacial score (nSPS) is 16.9. The van der Waals surface area contributed by atoms with Crippen molar-refractivity contribution in [1.29, 1.82) is 0 Å². The van der Waals surface area contributed by atoms with Crippen LogP contribution in [0.4, 0.5) is 0 Å². The Morgan fingerprint density at radius 1 is 1.09 bits per heavy atom. The Morgan fingerprint density at radius 2 is 1.64 bits per heavy atom. The quantitative estimate of drug-likeness (QED) is 0.564. The lowest BCUT2D eigenvalue weighted by molar-refractivity contribution is 0.314. The first-order valence-corrected chi connectivity index (χ1v) is 4.94. The zero-order valence-electron chi connectivity index (χ0n) is 8.56. The van der Waals surface area contributed by atoms with Gasteiger partial charge in [-0.1, -0.05) is 47.5 Å². The van der Waals surface area contributed by atoms with Gasteiger partial charge in [-0.15, -0.1) is 0 Å². The van der Waals surface area contributed by atoms with Crippen LogP contribution in [0.3, 0.4) is 0 Å². The van der Waals surface area contributed by atoms with E-state index in [9.17, 15) is 0 Å². The number of hydrogen-bond donors (Lipinski definition) is 0. The highest BCUT2D eigenvalue weighted by atomic mass is 14.2. The van der Waals surface area contributed by atoms with Gasteiger partial charge in [0.05, 0.1) is 0 Å². The minimum absolute atomic E-state index is 0.619. The molecule has 0 bridgehead atoms. The fraction of sp³-hybridized carbons (Fsp3) is 0.909. The molecule has 0 aromatic carbocycles. The van der Waals surface area contributed by atoms with Crippen LogP contribution >= 0.6 is 0 Å². The van der Waals surface area contributed by atoms with E-state index in [2.05, 4.69) is 34.6 Å². The molecular formula is C11H23. The summed E-state index contributed by atoms with van der Waals surface area (Å²) >= 11 is 0. The number of hydrogen-bond acceptors (Lipinski definition) is 0. The van der Waals surface area contributed by atoms with Crippen LogP contribution in [-0.4, -0.2) is 0 Å². The summed E-state index contributed by atoms with van der Waals surface area (Å²) in [7, 11) is 0. The molecule has 0 rings (SSSR count). The van der Waals surface area contributed by atoms with Crippen LogP contribution in [0.15, 0.2) is 0 Å². The minimum Gasteiger partial charge on any atom is -0.0651 e. The van der Waals surface area contributed by atoms with Gasteiger partial charge >= 0.3 is 0 Å². The highest BCUT2D eigenvalue weighted by Gasteiger charge is 2.13. The van der Waals surface area contributed by atoms with Gasteiger partial charge in [0.25, 0.3) is 0 Å². The molecule has 0 fully saturated rings. The Bertz CT molecular complexity index is 84.0. The first kappa shape index (κ1) is 11.0. The zero-order valence-corrected chi connectivity index (χ0v) is 8.56. The van der Waals surface area contributed by atoms with Crippen LogP contribution in [0.25, 0.3) is 0 Å². The molecule has 11 heavy (non-hydrogen) atoms. The van der Waals surface area contributed by atoms with Crippen LogP contribution in [0.2, 0.25) is 0 Å². The lowest BCUT2D eigenvalue weighted by Gasteiger charge is -2.21. The van der Waals surface area contributed by atoms with Crippen molar-refractivity contribution >= 4 is 0 Å². The third-order valence-electron chi connectivity index (χ3n) is 2.73. The molecule has 67 valence electrons. The molecule has 0 heterocycles. The second-order valence-corrected chi connectivity index (χ2v) is 3.89. The van der Waals surface area contributed by atoms with E-state index < -0.39 is 0 Å². The Morgan fingerprint density at radius 3 is 1.91 bits per heavy atom. The predicted octanol–water partition coefficient (Wildman–Crippen LogP) is 3.92. The lowest BCUT2D eigenvalue weighted by Crippen LogP contribution is -2.11. The smallest absolute Gasteiger partial charge is 0.0389 e. The van der Waals surface area contributed by atoms with Gasteiger partial charge in [0.1, 0.15) is 0 Å². The lowest BCUT2D eigenvalue weighted by atomic mass is 9.84. The van der Waals surface area contributed by atoms with Crippen molar-refractivity contribution in [3.8, 4) is 0 Å².